The van der Waals surface area contributed by atoms with Crippen LogP contribution >= 0.6 is 11.3 Å². The number of urea groups is 1. The second-order valence-corrected chi connectivity index (χ2v) is 6.66. The van der Waals surface area contributed by atoms with Crippen molar-refractivity contribution < 1.29 is 14.3 Å². The Morgan fingerprint density at radius 3 is 2.57 bits per heavy atom. The van der Waals surface area contributed by atoms with Crippen LogP contribution in [0.25, 0.3) is 0 Å². The van der Waals surface area contributed by atoms with Gasteiger partial charge in [-0.3, -0.25) is 0 Å². The topological polar surface area (TPSA) is 58.6 Å². The molecule has 0 saturated heterocycles. The van der Waals surface area contributed by atoms with Crippen molar-refractivity contribution in [1.29, 1.82) is 0 Å². The van der Waals surface area contributed by atoms with Crippen LogP contribution in [0, 0.1) is 6.92 Å². The molecule has 1 atom stereocenters. The lowest BCUT2D eigenvalue weighted by Gasteiger charge is -2.32. The van der Waals surface area contributed by atoms with E-state index in [0.29, 0.717) is 11.3 Å². The van der Waals surface area contributed by atoms with Crippen molar-refractivity contribution in [3.63, 3.8) is 0 Å². The lowest BCUT2D eigenvalue weighted by molar-refractivity contribution is -0.143. The van der Waals surface area contributed by atoms with Gasteiger partial charge in [0.1, 0.15) is 0 Å². The fourth-order valence-corrected chi connectivity index (χ4v) is 3.14. The quantitative estimate of drug-likeness (QED) is 0.873. The molecule has 0 unspecified atom stereocenters. The molecule has 1 aromatic rings. The summed E-state index contributed by atoms with van der Waals surface area (Å²) in [6.45, 7) is 7.38. The van der Waals surface area contributed by atoms with Gasteiger partial charge in [0, 0.05) is 22.5 Å². The van der Waals surface area contributed by atoms with Gasteiger partial charge >= 0.3 is 12.0 Å². The smallest absolute Gasteiger partial charge is 0.338 e. The molecule has 2 heterocycles. The summed E-state index contributed by atoms with van der Waals surface area (Å²) < 4.78 is 5.33. The minimum Gasteiger partial charge on any atom is -0.459 e. The predicted octanol–water partition coefficient (Wildman–Crippen LogP) is 2.98. The van der Waals surface area contributed by atoms with Crippen molar-refractivity contribution in [2.75, 3.05) is 7.05 Å². The van der Waals surface area contributed by atoms with E-state index in [9.17, 15) is 9.59 Å². The molecule has 1 aliphatic heterocycles. The molecule has 5 nitrogen and oxygen atoms in total. The Bertz CT molecular complexity index is 604. The van der Waals surface area contributed by atoms with Gasteiger partial charge in [0.2, 0.25) is 0 Å². The van der Waals surface area contributed by atoms with E-state index in [-0.39, 0.29) is 18.1 Å². The molecule has 2 rings (SSSR count). The number of nitrogens with zero attached hydrogens (tertiary/aromatic N) is 1. The molecule has 1 aliphatic rings. The van der Waals surface area contributed by atoms with Crippen LogP contribution in [-0.4, -0.2) is 30.1 Å². The summed E-state index contributed by atoms with van der Waals surface area (Å²) >= 11 is 1.56. The van der Waals surface area contributed by atoms with Gasteiger partial charge in [-0.15, -0.1) is 11.3 Å². The summed E-state index contributed by atoms with van der Waals surface area (Å²) in [5.74, 6) is -0.384. The maximum absolute atomic E-state index is 12.4. The number of rotatable bonds is 3. The third-order valence-corrected chi connectivity index (χ3v) is 4.43. The molecule has 114 valence electrons. The number of aryl methyl sites for hydroxylation is 1. The zero-order valence-corrected chi connectivity index (χ0v) is 13.7. The van der Waals surface area contributed by atoms with Crippen LogP contribution in [0.5, 0.6) is 0 Å². The van der Waals surface area contributed by atoms with Crippen LogP contribution in [0.15, 0.2) is 23.4 Å². The van der Waals surface area contributed by atoms with Crippen LogP contribution < -0.4 is 5.32 Å². The number of hydrogen-bond donors (Lipinski definition) is 1. The SMILES string of the molecule is CC1=C(C(=O)OC(C)C)[C@H](c2ccc(C)s2)NC(=O)N1C. The number of ether oxygens (including phenoxy) is 1. The Labute approximate surface area is 128 Å². The molecule has 0 aromatic carbocycles. The fraction of sp³-hybridized carbons (Fsp3) is 0.467. The Kier molecular flexibility index (Phi) is 4.37. The molecular formula is C15H20N2O3S. The predicted molar refractivity (Wildman–Crippen MR) is 82.0 cm³/mol. The molecule has 0 spiro atoms. The van der Waals surface area contributed by atoms with Crippen LogP contribution in [0.2, 0.25) is 0 Å². The van der Waals surface area contributed by atoms with Gasteiger partial charge in [-0.25, -0.2) is 9.59 Å². The van der Waals surface area contributed by atoms with Crippen LogP contribution in [0.4, 0.5) is 4.79 Å². The highest BCUT2D eigenvalue weighted by Gasteiger charge is 2.35. The van der Waals surface area contributed by atoms with Gasteiger partial charge < -0.3 is 15.0 Å². The highest BCUT2D eigenvalue weighted by molar-refractivity contribution is 7.12. The molecule has 21 heavy (non-hydrogen) atoms. The first-order valence-electron chi connectivity index (χ1n) is 6.83. The van der Waals surface area contributed by atoms with Crippen LogP contribution in [0.1, 0.15) is 36.6 Å². The maximum atomic E-state index is 12.4. The Hall–Kier alpha value is -1.82. The molecular weight excluding hydrogens is 288 g/mol. The van der Waals surface area contributed by atoms with Crippen molar-refractivity contribution in [3.05, 3.63) is 33.2 Å². The lowest BCUT2D eigenvalue weighted by Crippen LogP contribution is -2.46. The number of nitrogens with one attached hydrogen (secondary N) is 1. The molecule has 6 heteroatoms. The van der Waals surface area contributed by atoms with E-state index in [4.69, 9.17) is 4.74 Å². The van der Waals surface area contributed by atoms with Crippen molar-refractivity contribution in [3.8, 4) is 0 Å². The number of amides is 2. The van der Waals surface area contributed by atoms with Crippen molar-refractivity contribution in [1.82, 2.24) is 10.2 Å². The van der Waals surface area contributed by atoms with Crippen molar-refractivity contribution in [2.24, 2.45) is 0 Å². The summed E-state index contributed by atoms with van der Waals surface area (Å²) in [4.78, 5) is 27.9. The zero-order valence-electron chi connectivity index (χ0n) is 12.9. The summed E-state index contributed by atoms with van der Waals surface area (Å²) in [5.41, 5.74) is 1.12. The third-order valence-electron chi connectivity index (χ3n) is 3.36. The number of esters is 1. The first-order valence-corrected chi connectivity index (χ1v) is 7.65. The summed E-state index contributed by atoms with van der Waals surface area (Å²) in [6, 6.07) is 3.25. The average Bonchev–Trinajstić information content (AvgIpc) is 2.81. The van der Waals surface area contributed by atoms with E-state index in [1.807, 2.05) is 32.9 Å². The number of carbonyl (C=O) groups is 2. The second-order valence-electron chi connectivity index (χ2n) is 5.34. The fourth-order valence-electron chi connectivity index (χ4n) is 2.20. The van der Waals surface area contributed by atoms with E-state index in [1.54, 1.807) is 25.3 Å². The third kappa shape index (κ3) is 3.10. The molecule has 1 N–H and O–H groups in total. The second kappa shape index (κ2) is 5.89. The summed E-state index contributed by atoms with van der Waals surface area (Å²) in [7, 11) is 1.64. The lowest BCUT2D eigenvalue weighted by atomic mass is 10.0. The van der Waals surface area contributed by atoms with E-state index < -0.39 is 6.04 Å². The molecule has 2 amide bonds. The van der Waals surface area contributed by atoms with E-state index in [2.05, 4.69) is 5.32 Å². The first-order chi connectivity index (χ1) is 9.81. The van der Waals surface area contributed by atoms with Gasteiger partial charge in [-0.2, -0.15) is 0 Å². The molecule has 0 fully saturated rings. The number of allylic oxidation sites excluding steroid dienone is 1. The van der Waals surface area contributed by atoms with Gasteiger partial charge in [0.05, 0.1) is 17.7 Å². The Balaban J connectivity index is 2.46. The Morgan fingerprint density at radius 1 is 1.38 bits per heavy atom. The van der Waals surface area contributed by atoms with Crippen LogP contribution in [-0.2, 0) is 9.53 Å². The molecule has 0 radical (unpaired) electrons. The van der Waals surface area contributed by atoms with Crippen LogP contribution in [0.3, 0.4) is 0 Å². The van der Waals surface area contributed by atoms with Gasteiger partial charge in [0.15, 0.2) is 0 Å². The van der Waals surface area contributed by atoms with E-state index in [0.717, 1.165) is 9.75 Å². The maximum Gasteiger partial charge on any atom is 0.338 e. The highest BCUT2D eigenvalue weighted by Crippen LogP contribution is 2.34. The van der Waals surface area contributed by atoms with Crippen molar-refractivity contribution in [2.45, 2.75) is 39.8 Å². The first kappa shape index (κ1) is 15.6. The zero-order chi connectivity index (χ0) is 15.7. The minimum absolute atomic E-state index is 0.202. The molecule has 0 aliphatic carbocycles. The number of carbonyl (C=O) groups excluding carboxylic acids is 2. The number of thiophene rings is 1. The number of hydrogen-bond acceptors (Lipinski definition) is 4. The monoisotopic (exact) mass is 308 g/mol. The Morgan fingerprint density at radius 2 is 2.05 bits per heavy atom. The van der Waals surface area contributed by atoms with Gasteiger partial charge in [0.25, 0.3) is 0 Å². The van der Waals surface area contributed by atoms with Crippen molar-refractivity contribution >= 4 is 23.3 Å². The average molecular weight is 308 g/mol. The molecule has 1 aromatic heterocycles. The largest absolute Gasteiger partial charge is 0.459 e. The standard InChI is InChI=1S/C15H20N2O3S/c1-8(2)20-14(18)12-10(4)17(5)15(19)16-13(12)11-7-6-9(3)21-11/h6-8,13H,1-5H3,(H,16,19)/t13-/m0/s1. The normalized spacial score (nSPS) is 19.0. The van der Waals surface area contributed by atoms with E-state index >= 15 is 0 Å². The molecule has 0 saturated carbocycles. The highest BCUT2D eigenvalue weighted by atomic mass is 32.1. The van der Waals surface area contributed by atoms with Gasteiger partial charge in [-0.1, -0.05) is 0 Å². The summed E-state index contributed by atoms with van der Waals surface area (Å²) in [5, 5.41) is 2.87. The van der Waals surface area contributed by atoms with Gasteiger partial charge in [-0.05, 0) is 39.8 Å². The van der Waals surface area contributed by atoms with E-state index in [1.165, 1.54) is 4.90 Å². The molecule has 0 bridgehead atoms. The minimum atomic E-state index is -0.446. The summed E-state index contributed by atoms with van der Waals surface area (Å²) in [6.07, 6.45) is -0.202.